The topological polar surface area (TPSA) is 64.9 Å². The average Bonchev–Trinajstić information content (AvgIpc) is 2.36. The molecule has 0 radical (unpaired) electrons. The first kappa shape index (κ1) is 8.13. The highest BCUT2D eigenvalue weighted by Crippen LogP contribution is 2.15. The van der Waals surface area contributed by atoms with Gasteiger partial charge in [0.15, 0.2) is 5.82 Å². The van der Waals surface area contributed by atoms with E-state index in [4.69, 9.17) is 5.41 Å². The van der Waals surface area contributed by atoms with Gasteiger partial charge in [0.05, 0.1) is 6.33 Å². The third kappa shape index (κ3) is 1.74. The maximum Gasteiger partial charge on any atom is 0.159 e. The number of rotatable bonds is 2. The second kappa shape index (κ2) is 3.43. The summed E-state index contributed by atoms with van der Waals surface area (Å²) < 4.78 is 0.236. The molecule has 5 heteroatoms. The molecule has 58 valence electrons. The van der Waals surface area contributed by atoms with E-state index in [0.29, 0.717) is 11.5 Å². The van der Waals surface area contributed by atoms with Crippen molar-refractivity contribution in [3.8, 4) is 0 Å². The monoisotopic (exact) mass is 214 g/mol. The van der Waals surface area contributed by atoms with Gasteiger partial charge in [-0.05, 0) is 22.9 Å². The van der Waals surface area contributed by atoms with Gasteiger partial charge in [0, 0.05) is 6.21 Å². The van der Waals surface area contributed by atoms with Gasteiger partial charge in [0.1, 0.15) is 10.3 Å². The minimum atomic E-state index is 0.236. The summed E-state index contributed by atoms with van der Waals surface area (Å²) in [6.07, 6.45) is 3.15. The zero-order chi connectivity index (χ0) is 8.27. The molecule has 1 heterocycles. The smallest absolute Gasteiger partial charge is 0.159 e. The van der Waals surface area contributed by atoms with Crippen molar-refractivity contribution in [2.24, 2.45) is 4.99 Å². The third-order valence-electron chi connectivity index (χ3n) is 1.09. The number of imidazole rings is 1. The average molecular weight is 215 g/mol. The van der Waals surface area contributed by atoms with Crippen molar-refractivity contribution in [2.75, 3.05) is 0 Å². The van der Waals surface area contributed by atoms with Crippen LogP contribution in [0.25, 0.3) is 0 Å². The van der Waals surface area contributed by atoms with E-state index >= 15 is 0 Å². The predicted molar refractivity (Wildman–Crippen MR) is 48.2 cm³/mol. The number of nitrogens with one attached hydrogen (secondary N) is 2. The van der Waals surface area contributed by atoms with Gasteiger partial charge < -0.3 is 4.98 Å². The maximum atomic E-state index is 7.23. The molecule has 0 unspecified atom stereocenters. The molecule has 0 spiro atoms. The molecular weight excluding hydrogens is 208 g/mol. The normalized spacial score (nSPS) is 10.7. The van der Waals surface area contributed by atoms with Crippen LogP contribution in [-0.2, 0) is 0 Å². The van der Waals surface area contributed by atoms with Crippen LogP contribution in [0.3, 0.4) is 0 Å². The molecule has 0 fully saturated rings. The number of hydrogen-bond acceptors (Lipinski definition) is 3. The summed E-state index contributed by atoms with van der Waals surface area (Å²) >= 11 is 3.01. The van der Waals surface area contributed by atoms with Crippen LogP contribution in [0.2, 0.25) is 0 Å². The van der Waals surface area contributed by atoms with Gasteiger partial charge in [-0.1, -0.05) is 0 Å². The summed E-state index contributed by atoms with van der Waals surface area (Å²) in [6.45, 7) is 1.81. The van der Waals surface area contributed by atoms with Crippen LogP contribution < -0.4 is 0 Å². The number of halogens is 1. The van der Waals surface area contributed by atoms with Crippen LogP contribution in [0.4, 0.5) is 5.82 Å². The van der Waals surface area contributed by atoms with E-state index in [-0.39, 0.29) is 4.62 Å². The third-order valence-corrected chi connectivity index (χ3v) is 1.46. The van der Waals surface area contributed by atoms with E-state index in [2.05, 4.69) is 30.9 Å². The van der Waals surface area contributed by atoms with Gasteiger partial charge in [0.2, 0.25) is 0 Å². The molecule has 2 N–H and O–H groups in total. The molecule has 1 rings (SSSR count). The summed E-state index contributed by atoms with van der Waals surface area (Å²) in [7, 11) is 0. The van der Waals surface area contributed by atoms with Gasteiger partial charge in [-0.15, -0.1) is 0 Å². The lowest BCUT2D eigenvalue weighted by molar-refractivity contribution is 1.30. The van der Waals surface area contributed by atoms with Crippen LogP contribution in [0, 0.1) is 5.41 Å². The lowest BCUT2D eigenvalue weighted by Gasteiger charge is -1.89. The Balaban J connectivity index is 3.05. The Morgan fingerprint density at radius 1 is 1.91 bits per heavy atom. The molecule has 1 aromatic rings. The summed E-state index contributed by atoms with van der Waals surface area (Å²) in [6, 6.07) is 0. The largest absolute Gasteiger partial charge is 0.329 e. The van der Waals surface area contributed by atoms with E-state index in [1.54, 1.807) is 6.21 Å². The highest BCUT2D eigenvalue weighted by molar-refractivity contribution is 9.18. The summed E-state index contributed by atoms with van der Waals surface area (Å²) in [5, 5.41) is 7.23. The van der Waals surface area contributed by atoms with Gasteiger partial charge >= 0.3 is 0 Å². The van der Waals surface area contributed by atoms with Crippen molar-refractivity contribution in [3.63, 3.8) is 0 Å². The van der Waals surface area contributed by atoms with E-state index in [9.17, 15) is 0 Å². The minimum absolute atomic E-state index is 0.236. The van der Waals surface area contributed by atoms with Gasteiger partial charge in [-0.2, -0.15) is 0 Å². The Labute approximate surface area is 72.4 Å². The van der Waals surface area contributed by atoms with Gasteiger partial charge in [-0.25, -0.2) is 9.98 Å². The molecule has 11 heavy (non-hydrogen) atoms. The highest BCUT2D eigenvalue weighted by Gasteiger charge is 2.05. The summed E-state index contributed by atoms with van der Waals surface area (Å²) in [4.78, 5) is 10.7. The number of nitrogens with zero attached hydrogens (tertiary/aromatic N) is 2. The molecule has 0 aliphatic rings. The van der Waals surface area contributed by atoms with Crippen molar-refractivity contribution < 1.29 is 0 Å². The number of aromatic amines is 1. The fourth-order valence-electron chi connectivity index (χ4n) is 0.676. The molecule has 4 nitrogen and oxygen atoms in total. The molecule has 0 saturated heterocycles. The number of H-pyrrole nitrogens is 1. The Morgan fingerprint density at radius 3 is 3.18 bits per heavy atom. The van der Waals surface area contributed by atoms with E-state index in [1.807, 2.05) is 6.92 Å². The summed E-state index contributed by atoms with van der Waals surface area (Å²) in [5.41, 5.74) is 0.531. The van der Waals surface area contributed by atoms with Gasteiger partial charge in [-0.3, -0.25) is 5.41 Å². The molecular formula is C6H7BrN4. The van der Waals surface area contributed by atoms with Crippen LogP contribution in [0.5, 0.6) is 0 Å². The van der Waals surface area contributed by atoms with Gasteiger partial charge in [0.25, 0.3) is 0 Å². The Morgan fingerprint density at radius 2 is 2.64 bits per heavy atom. The quantitative estimate of drug-likeness (QED) is 0.726. The van der Waals surface area contributed by atoms with Crippen LogP contribution in [-0.4, -0.2) is 20.8 Å². The fraction of sp³-hybridized carbons (Fsp3) is 0.167. The predicted octanol–water partition coefficient (Wildman–Crippen LogP) is 1.85. The fourth-order valence-corrected chi connectivity index (χ4v) is 0.966. The maximum absolute atomic E-state index is 7.23. The van der Waals surface area contributed by atoms with E-state index < -0.39 is 0 Å². The van der Waals surface area contributed by atoms with Crippen molar-refractivity contribution >= 4 is 32.6 Å². The van der Waals surface area contributed by atoms with Crippen molar-refractivity contribution in [1.82, 2.24) is 9.97 Å². The van der Waals surface area contributed by atoms with Crippen LogP contribution >= 0.6 is 15.9 Å². The molecule has 0 saturated carbocycles. The van der Waals surface area contributed by atoms with Crippen LogP contribution in [0.1, 0.15) is 12.6 Å². The Bertz CT molecular complexity index is 289. The molecule has 0 aromatic carbocycles. The number of aromatic nitrogens is 2. The minimum Gasteiger partial charge on any atom is -0.329 e. The zero-order valence-corrected chi connectivity index (χ0v) is 7.51. The van der Waals surface area contributed by atoms with Crippen LogP contribution in [0.15, 0.2) is 11.3 Å². The highest BCUT2D eigenvalue weighted by atomic mass is 79.9. The number of hydrogen-bond donors (Lipinski definition) is 2. The Kier molecular flexibility index (Phi) is 2.53. The Hall–Kier alpha value is -0.970. The second-order valence-electron chi connectivity index (χ2n) is 1.80. The summed E-state index contributed by atoms with van der Waals surface area (Å²) in [5.74, 6) is 0.606. The molecule has 0 bridgehead atoms. The zero-order valence-electron chi connectivity index (χ0n) is 5.93. The van der Waals surface area contributed by atoms with Crippen molar-refractivity contribution in [1.29, 1.82) is 5.41 Å². The molecule has 0 aliphatic heterocycles. The number of aliphatic imine (C=N–C) groups is 1. The molecule has 0 amide bonds. The van der Waals surface area contributed by atoms with Crippen molar-refractivity contribution in [2.45, 2.75) is 6.92 Å². The lowest BCUT2D eigenvalue weighted by atomic mass is 10.5. The van der Waals surface area contributed by atoms with E-state index in [0.717, 1.165) is 0 Å². The molecule has 0 aliphatic carbocycles. The molecule has 1 aromatic heterocycles. The SMILES string of the molecule is C/C=N\c1[nH]cnc1C(=N)Br. The lowest BCUT2D eigenvalue weighted by Crippen LogP contribution is -1.87. The second-order valence-corrected chi connectivity index (χ2v) is 2.59. The molecule has 0 atom stereocenters. The first-order valence-corrected chi connectivity index (χ1v) is 3.81. The first-order valence-electron chi connectivity index (χ1n) is 3.02. The standard InChI is InChI=1S/C6H7BrN4/c1-2-9-6-4(5(7)8)10-3-11-6/h2-3,8H,1H3,(H,10,11)/b8-5?,9-2-. The van der Waals surface area contributed by atoms with Crippen molar-refractivity contribution in [3.05, 3.63) is 12.0 Å². The van der Waals surface area contributed by atoms with E-state index in [1.165, 1.54) is 6.33 Å². The first-order chi connectivity index (χ1) is 5.25.